The molecule has 3 rings (SSSR count). The van der Waals surface area contributed by atoms with E-state index >= 15 is 0 Å². The van der Waals surface area contributed by atoms with Crippen LogP contribution in [0.15, 0.2) is 47.5 Å². The fourth-order valence-corrected chi connectivity index (χ4v) is 4.43. The van der Waals surface area contributed by atoms with E-state index in [9.17, 15) is 13.2 Å². The molecule has 8 heteroatoms. The molecule has 1 aromatic heterocycles. The highest BCUT2D eigenvalue weighted by molar-refractivity contribution is 7.89. The molecule has 146 valence electrons. The van der Waals surface area contributed by atoms with E-state index in [2.05, 4.69) is 0 Å². The Morgan fingerprint density at radius 2 is 1.89 bits per heavy atom. The summed E-state index contributed by atoms with van der Waals surface area (Å²) in [5, 5.41) is 0. The third-order valence-electron chi connectivity index (χ3n) is 4.67. The topological polar surface area (TPSA) is 71.9 Å². The number of carbonyl (C=O) groups is 1. The molecule has 7 nitrogen and oxygen atoms in total. The van der Waals surface area contributed by atoms with Gasteiger partial charge in [0.1, 0.15) is 6.61 Å². The first-order valence-electron chi connectivity index (χ1n) is 8.80. The van der Waals surface area contributed by atoms with Crippen LogP contribution in [-0.2, 0) is 32.6 Å². The Hall–Kier alpha value is -2.16. The Morgan fingerprint density at radius 1 is 1.19 bits per heavy atom. The van der Waals surface area contributed by atoms with E-state index < -0.39 is 16.1 Å². The number of hydrogen-bond acceptors (Lipinski definition) is 4. The van der Waals surface area contributed by atoms with Crippen molar-refractivity contribution in [2.75, 3.05) is 27.2 Å². The van der Waals surface area contributed by atoms with Crippen molar-refractivity contribution in [3.05, 3.63) is 53.9 Å². The maximum Gasteiger partial charge on any atom is 0.248 e. The zero-order valence-corrected chi connectivity index (χ0v) is 16.6. The first-order chi connectivity index (χ1) is 12.8. The average molecular weight is 391 g/mol. The molecule has 0 unspecified atom stereocenters. The Bertz CT molecular complexity index is 903. The molecular weight excluding hydrogens is 366 g/mol. The lowest BCUT2D eigenvalue weighted by Gasteiger charge is -2.24. The predicted octanol–water partition coefficient (Wildman–Crippen LogP) is 1.47. The van der Waals surface area contributed by atoms with Crippen LogP contribution in [0.25, 0.3) is 0 Å². The largest absolute Gasteiger partial charge is 0.365 e. The second-order valence-electron chi connectivity index (χ2n) is 6.98. The molecule has 1 aliphatic heterocycles. The minimum Gasteiger partial charge on any atom is -0.365 e. The predicted molar refractivity (Wildman–Crippen MR) is 102 cm³/mol. The van der Waals surface area contributed by atoms with Gasteiger partial charge < -0.3 is 14.2 Å². The number of rotatable bonds is 5. The number of hydrogen-bond donors (Lipinski definition) is 0. The van der Waals surface area contributed by atoms with Crippen LogP contribution < -0.4 is 0 Å². The molecule has 2 heterocycles. The van der Waals surface area contributed by atoms with Crippen molar-refractivity contribution >= 4 is 15.9 Å². The molecule has 0 N–H and O–H groups in total. The Kier molecular flexibility index (Phi) is 5.69. The number of amides is 1. The van der Waals surface area contributed by atoms with Crippen molar-refractivity contribution in [3.63, 3.8) is 0 Å². The van der Waals surface area contributed by atoms with Gasteiger partial charge in [0.15, 0.2) is 0 Å². The molecule has 27 heavy (non-hydrogen) atoms. The summed E-state index contributed by atoms with van der Waals surface area (Å²) < 4.78 is 35.5. The zero-order valence-electron chi connectivity index (χ0n) is 15.8. The number of carbonyl (C=O) groups excluding carboxylic acids is 1. The van der Waals surface area contributed by atoms with Crippen LogP contribution in [0.5, 0.6) is 0 Å². The maximum atomic E-state index is 13.2. The molecule has 0 fully saturated rings. The fourth-order valence-electron chi connectivity index (χ4n) is 2.99. The SMILES string of the molecule is Cc1ccc(S(=O)(=O)N2Cc3cccn3C[C@@H](OCC(=O)N(C)C)C2)cc1. The molecule has 1 aromatic carbocycles. The van der Waals surface area contributed by atoms with Crippen molar-refractivity contribution in [3.8, 4) is 0 Å². The highest BCUT2D eigenvalue weighted by Gasteiger charge is 2.31. The van der Waals surface area contributed by atoms with Crippen LogP contribution in [0.4, 0.5) is 0 Å². The summed E-state index contributed by atoms with van der Waals surface area (Å²) in [6.45, 7) is 2.81. The normalized spacial score (nSPS) is 18.0. The highest BCUT2D eigenvalue weighted by atomic mass is 32.2. The lowest BCUT2D eigenvalue weighted by atomic mass is 10.2. The number of ether oxygens (including phenoxy) is 1. The van der Waals surface area contributed by atoms with Gasteiger partial charge in [0.05, 0.1) is 17.5 Å². The van der Waals surface area contributed by atoms with Gasteiger partial charge >= 0.3 is 0 Å². The summed E-state index contributed by atoms with van der Waals surface area (Å²) in [4.78, 5) is 13.6. The summed E-state index contributed by atoms with van der Waals surface area (Å²) in [6.07, 6.45) is 1.49. The summed E-state index contributed by atoms with van der Waals surface area (Å²) >= 11 is 0. The molecule has 1 amide bonds. The first-order valence-corrected chi connectivity index (χ1v) is 10.2. The minimum absolute atomic E-state index is 0.0767. The van der Waals surface area contributed by atoms with E-state index in [4.69, 9.17) is 4.74 Å². The van der Waals surface area contributed by atoms with Gasteiger partial charge in [0.2, 0.25) is 15.9 Å². The van der Waals surface area contributed by atoms with Gasteiger partial charge in [-0.3, -0.25) is 4.79 Å². The van der Waals surface area contributed by atoms with Gasteiger partial charge in [-0.25, -0.2) is 8.42 Å². The molecule has 0 radical (unpaired) electrons. The van der Waals surface area contributed by atoms with E-state index in [1.807, 2.05) is 29.8 Å². The molecule has 1 atom stereocenters. The van der Waals surface area contributed by atoms with Crippen LogP contribution in [0.1, 0.15) is 11.3 Å². The Balaban J connectivity index is 1.85. The maximum absolute atomic E-state index is 13.2. The number of sulfonamides is 1. The standard InChI is InChI=1S/C19H25N3O4S/c1-15-6-8-18(9-7-15)27(24,25)22-11-16-5-4-10-21(16)12-17(13-22)26-14-19(23)20(2)3/h4-10,17H,11-14H2,1-3H3/t17-/m1/s1. The summed E-state index contributed by atoms with van der Waals surface area (Å²) in [5.74, 6) is -0.153. The first kappa shape index (κ1) is 19.6. The Morgan fingerprint density at radius 3 is 2.56 bits per heavy atom. The van der Waals surface area contributed by atoms with E-state index in [1.54, 1.807) is 38.4 Å². The van der Waals surface area contributed by atoms with Crippen LogP contribution in [0.2, 0.25) is 0 Å². The van der Waals surface area contributed by atoms with E-state index in [1.165, 1.54) is 9.21 Å². The third kappa shape index (κ3) is 4.40. The molecule has 0 aliphatic carbocycles. The molecule has 2 aromatic rings. The van der Waals surface area contributed by atoms with Gasteiger partial charge in [0, 0.05) is 39.1 Å². The number of likely N-dealkylation sites (N-methyl/N-ethyl adjacent to an activating group) is 1. The van der Waals surface area contributed by atoms with Gasteiger partial charge in [-0.05, 0) is 31.2 Å². The quantitative estimate of drug-likeness (QED) is 0.774. The number of nitrogens with zero attached hydrogens (tertiary/aromatic N) is 3. The number of aromatic nitrogens is 1. The summed E-state index contributed by atoms with van der Waals surface area (Å²) in [7, 11) is -0.339. The van der Waals surface area contributed by atoms with Gasteiger partial charge in [0.25, 0.3) is 0 Å². The van der Waals surface area contributed by atoms with Crippen LogP contribution >= 0.6 is 0 Å². The number of benzene rings is 1. The van der Waals surface area contributed by atoms with E-state index in [0.717, 1.165) is 11.3 Å². The van der Waals surface area contributed by atoms with Crippen LogP contribution in [0, 0.1) is 6.92 Å². The Labute approximate surface area is 160 Å². The number of fused-ring (bicyclic) bond motifs is 1. The van der Waals surface area contributed by atoms with Crippen molar-refractivity contribution < 1.29 is 17.9 Å². The lowest BCUT2D eigenvalue weighted by molar-refractivity contribution is -0.136. The molecule has 0 bridgehead atoms. The molecule has 0 saturated carbocycles. The average Bonchev–Trinajstić information content (AvgIpc) is 2.97. The molecule has 0 spiro atoms. The lowest BCUT2D eigenvalue weighted by Crippen LogP contribution is -2.39. The summed E-state index contributed by atoms with van der Waals surface area (Å²) in [6, 6.07) is 10.6. The van der Waals surface area contributed by atoms with E-state index in [0.29, 0.717) is 6.54 Å². The van der Waals surface area contributed by atoms with Crippen LogP contribution in [0.3, 0.4) is 0 Å². The van der Waals surface area contributed by atoms with Crippen molar-refractivity contribution in [2.24, 2.45) is 0 Å². The van der Waals surface area contributed by atoms with Crippen LogP contribution in [-0.4, -0.2) is 61.4 Å². The molecule has 1 aliphatic rings. The fraction of sp³-hybridized carbons (Fsp3) is 0.421. The van der Waals surface area contributed by atoms with E-state index in [-0.39, 0.29) is 30.5 Å². The second-order valence-corrected chi connectivity index (χ2v) is 8.92. The van der Waals surface area contributed by atoms with Gasteiger partial charge in [-0.1, -0.05) is 17.7 Å². The smallest absolute Gasteiger partial charge is 0.248 e. The monoisotopic (exact) mass is 391 g/mol. The highest BCUT2D eigenvalue weighted by Crippen LogP contribution is 2.23. The second kappa shape index (κ2) is 7.84. The van der Waals surface area contributed by atoms with Crippen molar-refractivity contribution in [1.29, 1.82) is 0 Å². The third-order valence-corrected chi connectivity index (χ3v) is 6.50. The minimum atomic E-state index is -3.67. The molecule has 0 saturated heterocycles. The zero-order chi connectivity index (χ0) is 19.6. The van der Waals surface area contributed by atoms with Gasteiger partial charge in [-0.15, -0.1) is 0 Å². The number of aryl methyl sites for hydroxylation is 1. The van der Waals surface area contributed by atoms with Crippen molar-refractivity contribution in [2.45, 2.75) is 31.0 Å². The van der Waals surface area contributed by atoms with Crippen molar-refractivity contribution in [1.82, 2.24) is 13.8 Å². The van der Waals surface area contributed by atoms with Gasteiger partial charge in [-0.2, -0.15) is 4.31 Å². The summed E-state index contributed by atoms with van der Waals surface area (Å²) in [5.41, 5.74) is 1.90. The molecular formula is C19H25N3O4S.